The molecule has 144 valence electrons. The third-order valence-corrected chi connectivity index (χ3v) is 5.52. The van der Waals surface area contributed by atoms with Crippen molar-refractivity contribution in [2.24, 2.45) is 10.4 Å². The standard InChI is InChI=1S/C20H29N3O2.HI/c1-3-21-19(23-14-12-20(15-23)10-4-11-20)22-13-9-16-5-7-17(8-6-16)18(24)25-2;/h5-8H,3-4,9-15H2,1-2H3,(H,21,22);1H. The van der Waals surface area contributed by atoms with E-state index in [2.05, 4.69) is 17.1 Å². The number of guanidine groups is 1. The molecule has 2 fully saturated rings. The van der Waals surface area contributed by atoms with Gasteiger partial charge in [0.25, 0.3) is 0 Å². The first-order valence-electron chi connectivity index (χ1n) is 9.36. The molecule has 1 aromatic carbocycles. The SMILES string of the molecule is CCNC(=NCCc1ccc(C(=O)OC)cc1)N1CCC2(CCC2)C1.I. The predicted octanol–water partition coefficient (Wildman–Crippen LogP) is 3.48. The van der Waals surface area contributed by atoms with Crippen LogP contribution in [0.15, 0.2) is 29.3 Å². The Labute approximate surface area is 173 Å². The zero-order valence-corrected chi connectivity index (χ0v) is 18.1. The fraction of sp³-hybridized carbons (Fsp3) is 0.600. The normalized spacial score (nSPS) is 18.2. The minimum absolute atomic E-state index is 0. The molecule has 0 amide bonds. The van der Waals surface area contributed by atoms with Gasteiger partial charge >= 0.3 is 5.97 Å². The quantitative estimate of drug-likeness (QED) is 0.309. The number of halogens is 1. The fourth-order valence-corrected chi connectivity index (χ4v) is 3.84. The number of aliphatic imine (C=N–C) groups is 1. The minimum atomic E-state index is -0.294. The van der Waals surface area contributed by atoms with Crippen LogP contribution in [0.1, 0.15) is 48.5 Å². The Kier molecular flexibility index (Phi) is 7.73. The van der Waals surface area contributed by atoms with E-state index < -0.39 is 0 Å². The summed E-state index contributed by atoms with van der Waals surface area (Å²) in [6.07, 6.45) is 6.34. The average molecular weight is 471 g/mol. The molecule has 1 aliphatic carbocycles. The Morgan fingerprint density at radius 3 is 2.54 bits per heavy atom. The number of carbonyl (C=O) groups excluding carboxylic acids is 1. The molecule has 6 heteroatoms. The van der Waals surface area contributed by atoms with Crippen LogP contribution in [0.25, 0.3) is 0 Å². The molecule has 1 saturated heterocycles. The van der Waals surface area contributed by atoms with Crippen molar-refractivity contribution in [3.8, 4) is 0 Å². The Morgan fingerprint density at radius 1 is 1.27 bits per heavy atom. The van der Waals surface area contributed by atoms with E-state index in [-0.39, 0.29) is 29.9 Å². The summed E-state index contributed by atoms with van der Waals surface area (Å²) in [5, 5.41) is 3.44. The maximum Gasteiger partial charge on any atom is 0.337 e. The Bertz CT molecular complexity index is 626. The number of ether oxygens (including phenoxy) is 1. The molecule has 0 bridgehead atoms. The molecular weight excluding hydrogens is 441 g/mol. The summed E-state index contributed by atoms with van der Waals surface area (Å²) >= 11 is 0. The molecular formula is C20H30IN3O2. The summed E-state index contributed by atoms with van der Waals surface area (Å²) in [5.74, 6) is 0.760. The van der Waals surface area contributed by atoms with E-state index in [0.29, 0.717) is 11.0 Å². The molecule has 3 rings (SSSR count). The van der Waals surface area contributed by atoms with Crippen molar-refractivity contribution in [1.82, 2.24) is 10.2 Å². The third-order valence-electron chi connectivity index (χ3n) is 5.52. The Morgan fingerprint density at radius 2 is 2.00 bits per heavy atom. The molecule has 1 aliphatic heterocycles. The van der Waals surface area contributed by atoms with Gasteiger partial charge in [0.15, 0.2) is 5.96 Å². The monoisotopic (exact) mass is 471 g/mol. The lowest BCUT2D eigenvalue weighted by Crippen LogP contribution is -2.42. The highest BCUT2D eigenvalue weighted by Crippen LogP contribution is 2.47. The second-order valence-corrected chi connectivity index (χ2v) is 7.20. The van der Waals surface area contributed by atoms with Crippen LogP contribution in [0.4, 0.5) is 0 Å². The first kappa shape index (κ1) is 21.0. The molecule has 0 radical (unpaired) electrons. The van der Waals surface area contributed by atoms with Crippen LogP contribution >= 0.6 is 24.0 Å². The van der Waals surface area contributed by atoms with E-state index in [1.165, 1.54) is 38.4 Å². The average Bonchev–Trinajstić information content (AvgIpc) is 3.07. The highest BCUT2D eigenvalue weighted by molar-refractivity contribution is 14.0. The van der Waals surface area contributed by atoms with Gasteiger partial charge < -0.3 is 15.0 Å². The summed E-state index contributed by atoms with van der Waals surface area (Å²) in [7, 11) is 1.40. The molecule has 1 spiro atoms. The number of esters is 1. The summed E-state index contributed by atoms with van der Waals surface area (Å²) in [6.45, 7) is 6.06. The zero-order chi connectivity index (χ0) is 17.7. The lowest BCUT2D eigenvalue weighted by Gasteiger charge is -2.38. The predicted molar refractivity (Wildman–Crippen MR) is 115 cm³/mol. The van der Waals surface area contributed by atoms with Gasteiger partial charge in [-0.3, -0.25) is 4.99 Å². The molecule has 1 heterocycles. The van der Waals surface area contributed by atoms with Gasteiger partial charge in [-0.25, -0.2) is 4.79 Å². The molecule has 0 unspecified atom stereocenters. The molecule has 2 aliphatic rings. The number of likely N-dealkylation sites (tertiary alicyclic amines) is 1. The van der Waals surface area contributed by atoms with Crippen molar-refractivity contribution in [3.63, 3.8) is 0 Å². The largest absolute Gasteiger partial charge is 0.465 e. The van der Waals surface area contributed by atoms with Crippen LogP contribution in [0.3, 0.4) is 0 Å². The van der Waals surface area contributed by atoms with Crippen molar-refractivity contribution in [2.45, 2.75) is 39.0 Å². The summed E-state index contributed by atoms with van der Waals surface area (Å²) in [5.41, 5.74) is 2.36. The van der Waals surface area contributed by atoms with Gasteiger partial charge in [-0.2, -0.15) is 0 Å². The Balaban J connectivity index is 0.00000243. The van der Waals surface area contributed by atoms with Crippen molar-refractivity contribution in [1.29, 1.82) is 0 Å². The van der Waals surface area contributed by atoms with Crippen LogP contribution in [0.5, 0.6) is 0 Å². The van der Waals surface area contributed by atoms with Gasteiger partial charge in [-0.05, 0) is 55.7 Å². The Hall–Kier alpha value is -1.31. The third kappa shape index (κ3) is 4.90. The van der Waals surface area contributed by atoms with E-state index in [1.807, 2.05) is 24.3 Å². The molecule has 1 N–H and O–H groups in total. The topological polar surface area (TPSA) is 53.9 Å². The van der Waals surface area contributed by atoms with E-state index in [4.69, 9.17) is 9.73 Å². The van der Waals surface area contributed by atoms with Crippen molar-refractivity contribution < 1.29 is 9.53 Å². The van der Waals surface area contributed by atoms with Gasteiger partial charge in [0.05, 0.1) is 12.7 Å². The lowest BCUT2D eigenvalue weighted by atomic mass is 9.68. The maximum atomic E-state index is 11.5. The number of hydrogen-bond donors (Lipinski definition) is 1. The number of hydrogen-bond acceptors (Lipinski definition) is 3. The second-order valence-electron chi connectivity index (χ2n) is 7.20. The first-order chi connectivity index (χ1) is 12.2. The van der Waals surface area contributed by atoms with Gasteiger partial charge in [0, 0.05) is 26.2 Å². The number of nitrogens with one attached hydrogen (secondary N) is 1. The van der Waals surface area contributed by atoms with Gasteiger partial charge in [0.2, 0.25) is 0 Å². The van der Waals surface area contributed by atoms with Crippen LogP contribution in [0.2, 0.25) is 0 Å². The van der Waals surface area contributed by atoms with E-state index >= 15 is 0 Å². The van der Waals surface area contributed by atoms with Gasteiger partial charge in [0.1, 0.15) is 0 Å². The number of nitrogens with zero attached hydrogens (tertiary/aromatic N) is 2. The van der Waals surface area contributed by atoms with Gasteiger partial charge in [-0.1, -0.05) is 18.6 Å². The van der Waals surface area contributed by atoms with Crippen LogP contribution in [-0.2, 0) is 11.2 Å². The van der Waals surface area contributed by atoms with E-state index in [9.17, 15) is 4.79 Å². The fourth-order valence-electron chi connectivity index (χ4n) is 3.84. The minimum Gasteiger partial charge on any atom is -0.465 e. The van der Waals surface area contributed by atoms with Crippen LogP contribution in [0, 0.1) is 5.41 Å². The summed E-state index contributed by atoms with van der Waals surface area (Å²) < 4.78 is 4.73. The molecule has 5 nitrogen and oxygen atoms in total. The summed E-state index contributed by atoms with van der Waals surface area (Å²) in [6, 6.07) is 7.59. The maximum absolute atomic E-state index is 11.5. The van der Waals surface area contributed by atoms with Crippen LogP contribution in [-0.4, -0.2) is 50.1 Å². The zero-order valence-electron chi connectivity index (χ0n) is 15.8. The highest BCUT2D eigenvalue weighted by atomic mass is 127. The van der Waals surface area contributed by atoms with E-state index in [0.717, 1.165) is 38.6 Å². The first-order valence-corrected chi connectivity index (χ1v) is 9.36. The lowest BCUT2D eigenvalue weighted by molar-refractivity contribution is 0.0600. The second kappa shape index (κ2) is 9.58. The molecule has 0 aromatic heterocycles. The molecule has 1 aromatic rings. The number of benzene rings is 1. The number of rotatable bonds is 5. The number of carbonyl (C=O) groups is 1. The summed E-state index contributed by atoms with van der Waals surface area (Å²) in [4.78, 5) is 18.7. The van der Waals surface area contributed by atoms with Crippen molar-refractivity contribution >= 4 is 35.9 Å². The highest BCUT2D eigenvalue weighted by Gasteiger charge is 2.43. The molecule has 0 atom stereocenters. The molecule has 26 heavy (non-hydrogen) atoms. The van der Waals surface area contributed by atoms with Gasteiger partial charge in [-0.15, -0.1) is 24.0 Å². The van der Waals surface area contributed by atoms with Crippen LogP contribution < -0.4 is 5.32 Å². The number of methoxy groups -OCH3 is 1. The van der Waals surface area contributed by atoms with Crippen molar-refractivity contribution in [3.05, 3.63) is 35.4 Å². The van der Waals surface area contributed by atoms with E-state index in [1.54, 1.807) is 0 Å². The van der Waals surface area contributed by atoms with Crippen molar-refractivity contribution in [2.75, 3.05) is 33.3 Å². The smallest absolute Gasteiger partial charge is 0.337 e. The molecule has 1 saturated carbocycles.